The summed E-state index contributed by atoms with van der Waals surface area (Å²) in [5.41, 5.74) is 0.546. The van der Waals surface area contributed by atoms with Gasteiger partial charge in [-0.25, -0.2) is 9.18 Å². The van der Waals surface area contributed by atoms with Gasteiger partial charge in [0.15, 0.2) is 0 Å². The number of benzene rings is 1. The van der Waals surface area contributed by atoms with E-state index in [2.05, 4.69) is 15.7 Å². The van der Waals surface area contributed by atoms with Crippen molar-refractivity contribution in [1.29, 1.82) is 0 Å². The standard InChI is InChI=1S/C13H15FN4O/c1-10(9-18-8-2-7-15-18)16-13(19)17-12-5-3-11(14)4-6-12/h2-8,10H,9H2,1H3,(H2,16,17,19)/t10-/m0/s1. The Labute approximate surface area is 110 Å². The summed E-state index contributed by atoms with van der Waals surface area (Å²) < 4.78 is 14.4. The number of anilines is 1. The van der Waals surface area contributed by atoms with Crippen LogP contribution in [0.25, 0.3) is 0 Å². The van der Waals surface area contributed by atoms with Crippen molar-refractivity contribution in [3.63, 3.8) is 0 Å². The van der Waals surface area contributed by atoms with Crippen LogP contribution in [0.3, 0.4) is 0 Å². The van der Waals surface area contributed by atoms with E-state index in [0.717, 1.165) is 0 Å². The maximum Gasteiger partial charge on any atom is 0.319 e. The molecule has 2 aromatic rings. The Morgan fingerprint density at radius 2 is 2.16 bits per heavy atom. The van der Waals surface area contributed by atoms with E-state index in [1.54, 1.807) is 10.9 Å². The summed E-state index contributed by atoms with van der Waals surface area (Å²) in [4.78, 5) is 11.7. The lowest BCUT2D eigenvalue weighted by atomic mass is 10.3. The Hall–Kier alpha value is -2.37. The zero-order chi connectivity index (χ0) is 13.7. The highest BCUT2D eigenvalue weighted by molar-refractivity contribution is 5.89. The molecule has 0 fully saturated rings. The fourth-order valence-electron chi connectivity index (χ4n) is 1.66. The molecule has 0 aliphatic heterocycles. The molecule has 0 aliphatic rings. The molecule has 1 aromatic carbocycles. The van der Waals surface area contributed by atoms with Gasteiger partial charge in [0.25, 0.3) is 0 Å². The highest BCUT2D eigenvalue weighted by Crippen LogP contribution is 2.07. The first-order valence-corrected chi connectivity index (χ1v) is 5.94. The van der Waals surface area contributed by atoms with E-state index >= 15 is 0 Å². The first kappa shape index (κ1) is 13.1. The van der Waals surface area contributed by atoms with Gasteiger partial charge in [-0.1, -0.05) is 0 Å². The zero-order valence-electron chi connectivity index (χ0n) is 10.5. The van der Waals surface area contributed by atoms with Crippen molar-refractivity contribution in [2.75, 3.05) is 5.32 Å². The summed E-state index contributed by atoms with van der Waals surface area (Å²) in [5, 5.41) is 9.47. The highest BCUT2D eigenvalue weighted by atomic mass is 19.1. The monoisotopic (exact) mass is 262 g/mol. The third-order valence-corrected chi connectivity index (χ3v) is 2.50. The SMILES string of the molecule is C[C@@H](Cn1cccn1)NC(=O)Nc1ccc(F)cc1. The number of nitrogens with zero attached hydrogens (tertiary/aromatic N) is 2. The second kappa shape index (κ2) is 5.99. The lowest BCUT2D eigenvalue weighted by Gasteiger charge is -2.14. The summed E-state index contributed by atoms with van der Waals surface area (Å²) in [6.45, 7) is 2.47. The van der Waals surface area contributed by atoms with Crippen LogP contribution >= 0.6 is 0 Å². The van der Waals surface area contributed by atoms with Gasteiger partial charge in [0.1, 0.15) is 5.82 Å². The van der Waals surface area contributed by atoms with Crippen LogP contribution in [-0.2, 0) is 6.54 Å². The quantitative estimate of drug-likeness (QED) is 0.887. The van der Waals surface area contributed by atoms with Crippen LogP contribution in [0.4, 0.5) is 14.9 Å². The third-order valence-electron chi connectivity index (χ3n) is 2.50. The molecule has 1 heterocycles. The summed E-state index contributed by atoms with van der Waals surface area (Å²) in [7, 11) is 0. The molecule has 0 spiro atoms. The maximum absolute atomic E-state index is 12.7. The van der Waals surface area contributed by atoms with Gasteiger partial charge in [-0.05, 0) is 37.3 Å². The molecule has 2 amide bonds. The van der Waals surface area contributed by atoms with E-state index in [0.29, 0.717) is 12.2 Å². The number of aromatic nitrogens is 2. The molecule has 0 aliphatic carbocycles. The van der Waals surface area contributed by atoms with Crippen molar-refractivity contribution in [1.82, 2.24) is 15.1 Å². The Morgan fingerprint density at radius 3 is 2.79 bits per heavy atom. The van der Waals surface area contributed by atoms with E-state index in [1.807, 2.05) is 19.2 Å². The molecule has 6 heteroatoms. The van der Waals surface area contributed by atoms with Gasteiger partial charge in [0.2, 0.25) is 0 Å². The minimum absolute atomic E-state index is 0.0691. The second-order valence-electron chi connectivity index (χ2n) is 4.23. The number of hydrogen-bond acceptors (Lipinski definition) is 2. The zero-order valence-corrected chi connectivity index (χ0v) is 10.5. The summed E-state index contributed by atoms with van der Waals surface area (Å²) in [6, 6.07) is 7.03. The van der Waals surface area contributed by atoms with Gasteiger partial charge >= 0.3 is 6.03 Å². The van der Waals surface area contributed by atoms with Gasteiger partial charge in [0.05, 0.1) is 6.54 Å². The van der Waals surface area contributed by atoms with Gasteiger partial charge in [0, 0.05) is 24.1 Å². The van der Waals surface area contributed by atoms with E-state index < -0.39 is 0 Å². The number of rotatable bonds is 4. The van der Waals surface area contributed by atoms with Crippen molar-refractivity contribution < 1.29 is 9.18 Å². The molecular formula is C13H15FN4O. The Balaban J connectivity index is 1.82. The molecule has 0 unspecified atom stereocenters. The van der Waals surface area contributed by atoms with Crippen molar-refractivity contribution in [2.24, 2.45) is 0 Å². The van der Waals surface area contributed by atoms with Crippen LogP contribution in [0.15, 0.2) is 42.7 Å². The van der Waals surface area contributed by atoms with Crippen LogP contribution in [-0.4, -0.2) is 21.9 Å². The first-order chi connectivity index (χ1) is 9.13. The van der Waals surface area contributed by atoms with Gasteiger partial charge < -0.3 is 10.6 Å². The largest absolute Gasteiger partial charge is 0.334 e. The fraction of sp³-hybridized carbons (Fsp3) is 0.231. The molecule has 0 bridgehead atoms. The predicted molar refractivity (Wildman–Crippen MR) is 70.2 cm³/mol. The van der Waals surface area contributed by atoms with Crippen LogP contribution in [0, 0.1) is 5.82 Å². The number of hydrogen-bond donors (Lipinski definition) is 2. The molecule has 0 saturated carbocycles. The number of carbonyl (C=O) groups excluding carboxylic acids is 1. The summed E-state index contributed by atoms with van der Waals surface area (Å²) in [5.74, 6) is -0.335. The lowest BCUT2D eigenvalue weighted by Crippen LogP contribution is -2.38. The Kier molecular flexibility index (Phi) is 4.12. The molecule has 1 atom stereocenters. The summed E-state index contributed by atoms with van der Waals surface area (Å²) >= 11 is 0. The Bertz CT molecular complexity index is 524. The number of urea groups is 1. The molecule has 2 N–H and O–H groups in total. The number of nitrogens with one attached hydrogen (secondary N) is 2. The molecule has 2 rings (SSSR count). The van der Waals surface area contributed by atoms with Crippen molar-refractivity contribution in [3.05, 3.63) is 48.5 Å². The number of amides is 2. The maximum atomic E-state index is 12.7. The first-order valence-electron chi connectivity index (χ1n) is 5.94. The average molecular weight is 262 g/mol. The average Bonchev–Trinajstić information content (AvgIpc) is 2.84. The predicted octanol–water partition coefficient (Wildman–Crippen LogP) is 2.23. The molecule has 5 nitrogen and oxygen atoms in total. The minimum atomic E-state index is -0.335. The number of carbonyl (C=O) groups is 1. The summed E-state index contributed by atoms with van der Waals surface area (Å²) in [6.07, 6.45) is 3.52. The van der Waals surface area contributed by atoms with Crippen LogP contribution in [0.2, 0.25) is 0 Å². The topological polar surface area (TPSA) is 59.0 Å². The molecular weight excluding hydrogens is 247 g/mol. The lowest BCUT2D eigenvalue weighted by molar-refractivity contribution is 0.247. The number of halogens is 1. The van der Waals surface area contributed by atoms with Crippen molar-refractivity contribution in [2.45, 2.75) is 19.5 Å². The van der Waals surface area contributed by atoms with Crippen LogP contribution in [0.5, 0.6) is 0 Å². The van der Waals surface area contributed by atoms with Crippen LogP contribution in [0.1, 0.15) is 6.92 Å². The smallest absolute Gasteiger partial charge is 0.319 e. The molecule has 100 valence electrons. The third kappa shape index (κ3) is 4.09. The van der Waals surface area contributed by atoms with Gasteiger partial charge in [-0.2, -0.15) is 5.10 Å². The molecule has 19 heavy (non-hydrogen) atoms. The van der Waals surface area contributed by atoms with E-state index in [-0.39, 0.29) is 17.9 Å². The van der Waals surface area contributed by atoms with Gasteiger partial charge in [-0.15, -0.1) is 0 Å². The van der Waals surface area contributed by atoms with E-state index in [4.69, 9.17) is 0 Å². The molecule has 0 saturated heterocycles. The minimum Gasteiger partial charge on any atom is -0.334 e. The molecule has 1 aromatic heterocycles. The second-order valence-corrected chi connectivity index (χ2v) is 4.23. The normalized spacial score (nSPS) is 11.9. The van der Waals surface area contributed by atoms with Gasteiger partial charge in [-0.3, -0.25) is 4.68 Å². The highest BCUT2D eigenvalue weighted by Gasteiger charge is 2.08. The van der Waals surface area contributed by atoms with Crippen molar-refractivity contribution in [3.8, 4) is 0 Å². The molecule has 0 radical (unpaired) electrons. The van der Waals surface area contributed by atoms with Crippen molar-refractivity contribution >= 4 is 11.7 Å². The van der Waals surface area contributed by atoms with Crippen LogP contribution < -0.4 is 10.6 Å². The fourth-order valence-corrected chi connectivity index (χ4v) is 1.66. The van der Waals surface area contributed by atoms with E-state index in [1.165, 1.54) is 24.3 Å². The van der Waals surface area contributed by atoms with E-state index in [9.17, 15) is 9.18 Å². The Morgan fingerprint density at radius 1 is 1.42 bits per heavy atom.